The van der Waals surface area contributed by atoms with Gasteiger partial charge in [-0.3, -0.25) is 4.79 Å². The molecule has 0 aliphatic heterocycles. The molecule has 0 radical (unpaired) electrons. The molecule has 76 valence electrons. The third kappa shape index (κ3) is 2.11. The zero-order valence-corrected chi connectivity index (χ0v) is 9.11. The molecule has 0 aliphatic rings. The maximum Gasteiger partial charge on any atom is 0.308 e. The molecule has 5 heteroatoms. The maximum absolute atomic E-state index is 10.7. The summed E-state index contributed by atoms with van der Waals surface area (Å²) >= 11 is 11.5. The van der Waals surface area contributed by atoms with Gasteiger partial charge >= 0.3 is 5.97 Å². The summed E-state index contributed by atoms with van der Waals surface area (Å²) in [7, 11) is 0. The minimum absolute atomic E-state index is 0.0102. The van der Waals surface area contributed by atoms with Crippen molar-refractivity contribution in [3.63, 3.8) is 0 Å². The smallest absolute Gasteiger partial charge is 0.308 e. The molecule has 0 saturated carbocycles. The fourth-order valence-electron chi connectivity index (χ4n) is 0.947. The van der Waals surface area contributed by atoms with E-state index in [0.717, 1.165) is 0 Å². The number of rotatable bonds is 1. The summed E-state index contributed by atoms with van der Waals surface area (Å²) in [5, 5.41) is 9.59. The average molecular weight is 235 g/mol. The molecule has 0 amide bonds. The van der Waals surface area contributed by atoms with Gasteiger partial charge in [-0.1, -0.05) is 23.2 Å². The Morgan fingerprint density at radius 2 is 2.07 bits per heavy atom. The van der Waals surface area contributed by atoms with E-state index in [1.165, 1.54) is 13.0 Å². The van der Waals surface area contributed by atoms with Crippen LogP contribution in [-0.2, 0) is 4.79 Å². The number of halogens is 2. The van der Waals surface area contributed by atoms with Crippen molar-refractivity contribution in [1.29, 1.82) is 0 Å². The van der Waals surface area contributed by atoms with Crippen molar-refractivity contribution in [3.8, 4) is 11.5 Å². The Morgan fingerprint density at radius 3 is 2.57 bits per heavy atom. The van der Waals surface area contributed by atoms with Gasteiger partial charge in [-0.2, -0.15) is 0 Å². The van der Waals surface area contributed by atoms with Gasteiger partial charge in [-0.25, -0.2) is 0 Å². The van der Waals surface area contributed by atoms with Crippen LogP contribution in [0.25, 0.3) is 0 Å². The van der Waals surface area contributed by atoms with Gasteiger partial charge in [0.05, 0.1) is 5.02 Å². The van der Waals surface area contributed by atoms with E-state index in [9.17, 15) is 9.90 Å². The Labute approximate surface area is 91.2 Å². The van der Waals surface area contributed by atoms with Gasteiger partial charge in [0.1, 0.15) is 10.8 Å². The Kier molecular flexibility index (Phi) is 3.24. The number of carbonyl (C=O) groups is 1. The molecule has 0 unspecified atom stereocenters. The van der Waals surface area contributed by atoms with E-state index in [4.69, 9.17) is 27.9 Å². The number of benzene rings is 1. The van der Waals surface area contributed by atoms with E-state index in [2.05, 4.69) is 0 Å². The number of phenolic OH excluding ortho intramolecular Hbond substituents is 1. The van der Waals surface area contributed by atoms with Crippen molar-refractivity contribution in [1.82, 2.24) is 0 Å². The molecule has 1 aromatic carbocycles. The molecule has 1 aromatic rings. The van der Waals surface area contributed by atoms with Crippen molar-refractivity contribution in [2.75, 3.05) is 0 Å². The first-order chi connectivity index (χ1) is 6.43. The number of ether oxygens (including phenoxy) is 1. The quantitative estimate of drug-likeness (QED) is 0.601. The zero-order valence-electron chi connectivity index (χ0n) is 7.60. The van der Waals surface area contributed by atoms with E-state index in [1.54, 1.807) is 6.92 Å². The van der Waals surface area contributed by atoms with Gasteiger partial charge in [0.25, 0.3) is 0 Å². The van der Waals surface area contributed by atoms with Gasteiger partial charge < -0.3 is 9.84 Å². The Balaban J connectivity index is 3.29. The summed E-state index contributed by atoms with van der Waals surface area (Å²) in [6.07, 6.45) is 0. The number of hydrogen-bond acceptors (Lipinski definition) is 3. The first-order valence-electron chi connectivity index (χ1n) is 3.79. The molecule has 0 aliphatic carbocycles. The fraction of sp³-hybridized carbons (Fsp3) is 0.222. The van der Waals surface area contributed by atoms with Crippen LogP contribution in [0.1, 0.15) is 12.5 Å². The third-order valence-corrected chi connectivity index (χ3v) is 2.22. The summed E-state index contributed by atoms with van der Waals surface area (Å²) in [6, 6.07) is 1.47. The summed E-state index contributed by atoms with van der Waals surface area (Å²) in [5.74, 6) is -0.687. The third-order valence-electron chi connectivity index (χ3n) is 1.59. The molecular formula is C9H8Cl2O3. The second kappa shape index (κ2) is 4.07. The average Bonchev–Trinajstić information content (AvgIpc) is 2.09. The number of carbonyl (C=O) groups excluding carboxylic acids is 1. The molecule has 3 nitrogen and oxygen atoms in total. The predicted octanol–water partition coefficient (Wildman–Crippen LogP) is 2.93. The number of aryl methyl sites for hydroxylation is 1. The lowest BCUT2D eigenvalue weighted by molar-refractivity contribution is -0.131. The zero-order chi connectivity index (χ0) is 10.9. The largest absolute Gasteiger partial charge is 0.506 e. The topological polar surface area (TPSA) is 46.5 Å². The molecule has 0 bridgehead atoms. The fourth-order valence-corrected chi connectivity index (χ4v) is 1.58. The lowest BCUT2D eigenvalue weighted by Gasteiger charge is -2.09. The number of esters is 1. The molecule has 0 heterocycles. The van der Waals surface area contributed by atoms with Crippen LogP contribution in [0, 0.1) is 6.92 Å². The molecule has 1 rings (SSSR count). The van der Waals surface area contributed by atoms with Crippen LogP contribution in [0.3, 0.4) is 0 Å². The molecule has 0 aromatic heterocycles. The van der Waals surface area contributed by atoms with E-state index in [-0.39, 0.29) is 21.5 Å². The summed E-state index contributed by atoms with van der Waals surface area (Å²) in [6.45, 7) is 2.87. The van der Waals surface area contributed by atoms with E-state index in [0.29, 0.717) is 5.56 Å². The van der Waals surface area contributed by atoms with Crippen LogP contribution >= 0.6 is 23.2 Å². The van der Waals surface area contributed by atoms with Gasteiger partial charge in [-0.05, 0) is 18.6 Å². The minimum atomic E-state index is -0.544. The van der Waals surface area contributed by atoms with Gasteiger partial charge in [-0.15, -0.1) is 0 Å². The van der Waals surface area contributed by atoms with Gasteiger partial charge in [0.2, 0.25) is 0 Å². The van der Waals surface area contributed by atoms with Gasteiger partial charge in [0, 0.05) is 6.92 Å². The Morgan fingerprint density at radius 1 is 1.50 bits per heavy atom. The maximum atomic E-state index is 10.7. The first kappa shape index (κ1) is 11.1. The highest BCUT2D eigenvalue weighted by Gasteiger charge is 2.15. The second-order valence-corrected chi connectivity index (χ2v) is 3.55. The van der Waals surface area contributed by atoms with Crippen molar-refractivity contribution in [2.24, 2.45) is 0 Å². The van der Waals surface area contributed by atoms with Gasteiger partial charge in [0.15, 0.2) is 5.75 Å². The van der Waals surface area contributed by atoms with E-state index < -0.39 is 5.97 Å². The number of phenols is 1. The predicted molar refractivity (Wildman–Crippen MR) is 54.2 cm³/mol. The van der Waals surface area contributed by atoms with Crippen molar-refractivity contribution in [2.45, 2.75) is 13.8 Å². The van der Waals surface area contributed by atoms with Crippen LogP contribution in [0.15, 0.2) is 6.07 Å². The normalized spacial score (nSPS) is 10.0. The van der Waals surface area contributed by atoms with Crippen LogP contribution < -0.4 is 4.74 Å². The highest BCUT2D eigenvalue weighted by atomic mass is 35.5. The monoisotopic (exact) mass is 234 g/mol. The molecule has 0 fully saturated rings. The first-order valence-corrected chi connectivity index (χ1v) is 4.55. The van der Waals surface area contributed by atoms with Crippen molar-refractivity contribution < 1.29 is 14.6 Å². The lowest BCUT2D eigenvalue weighted by Crippen LogP contribution is -2.02. The van der Waals surface area contributed by atoms with Crippen LogP contribution in [0.2, 0.25) is 10.0 Å². The van der Waals surface area contributed by atoms with E-state index >= 15 is 0 Å². The van der Waals surface area contributed by atoms with Crippen LogP contribution in [-0.4, -0.2) is 11.1 Å². The second-order valence-electron chi connectivity index (χ2n) is 2.76. The van der Waals surface area contributed by atoms with Crippen LogP contribution in [0.5, 0.6) is 11.5 Å². The molecule has 1 N–H and O–H groups in total. The lowest BCUT2D eigenvalue weighted by atomic mass is 10.2. The van der Waals surface area contributed by atoms with Crippen molar-refractivity contribution in [3.05, 3.63) is 21.7 Å². The number of hydrogen-bond donors (Lipinski definition) is 1. The standard InChI is InChI=1S/C9H8Cl2O3/c1-4-3-6(10)9(14-5(2)12)7(11)8(4)13/h3,13H,1-2H3. The number of aromatic hydroxyl groups is 1. The molecule has 0 saturated heterocycles. The summed E-state index contributed by atoms with van der Waals surface area (Å²) in [5.41, 5.74) is 0.524. The SMILES string of the molecule is CC(=O)Oc1c(Cl)cc(C)c(O)c1Cl. The molecule has 0 atom stereocenters. The van der Waals surface area contributed by atoms with E-state index in [1.807, 2.05) is 0 Å². The summed E-state index contributed by atoms with van der Waals surface area (Å²) in [4.78, 5) is 10.7. The molecule has 14 heavy (non-hydrogen) atoms. The Bertz CT molecular complexity index is 388. The highest BCUT2D eigenvalue weighted by molar-refractivity contribution is 6.38. The summed E-state index contributed by atoms with van der Waals surface area (Å²) < 4.78 is 4.75. The molecular weight excluding hydrogens is 227 g/mol. The van der Waals surface area contributed by atoms with Crippen LogP contribution in [0.4, 0.5) is 0 Å². The minimum Gasteiger partial charge on any atom is -0.506 e. The molecule has 0 spiro atoms. The Hall–Kier alpha value is -0.930. The van der Waals surface area contributed by atoms with Crippen molar-refractivity contribution >= 4 is 29.2 Å². The highest BCUT2D eigenvalue weighted by Crippen LogP contribution is 2.41.